The molecule has 1 saturated heterocycles. The van der Waals surface area contributed by atoms with Gasteiger partial charge in [-0.3, -0.25) is 0 Å². The van der Waals surface area contributed by atoms with Gasteiger partial charge in [0, 0.05) is 31.7 Å². The Morgan fingerprint density at radius 1 is 1.37 bits per heavy atom. The summed E-state index contributed by atoms with van der Waals surface area (Å²) in [4.78, 5) is 0. The number of benzene rings is 1. The van der Waals surface area contributed by atoms with Crippen molar-refractivity contribution in [1.29, 1.82) is 0 Å². The van der Waals surface area contributed by atoms with E-state index in [1.54, 1.807) is 14.2 Å². The fourth-order valence-electron chi connectivity index (χ4n) is 2.14. The van der Waals surface area contributed by atoms with Gasteiger partial charge >= 0.3 is 0 Å². The molecule has 19 heavy (non-hydrogen) atoms. The average Bonchev–Trinajstić information content (AvgIpc) is 2.48. The van der Waals surface area contributed by atoms with Crippen molar-refractivity contribution in [3.63, 3.8) is 0 Å². The van der Waals surface area contributed by atoms with E-state index in [0.29, 0.717) is 0 Å². The summed E-state index contributed by atoms with van der Waals surface area (Å²) in [5, 5.41) is 6.71. The number of hydrogen-bond donors (Lipinski definition) is 2. The second-order valence-electron chi connectivity index (χ2n) is 4.51. The second-order valence-corrected chi connectivity index (χ2v) is 4.51. The third-order valence-electron chi connectivity index (χ3n) is 3.18. The smallest absolute Gasteiger partial charge is 0.123 e. The molecule has 106 valence electrons. The summed E-state index contributed by atoms with van der Waals surface area (Å²) in [6.07, 6.45) is 0.241. The van der Waals surface area contributed by atoms with Gasteiger partial charge in [-0.15, -0.1) is 0 Å². The maximum Gasteiger partial charge on any atom is 0.123 e. The highest BCUT2D eigenvalue weighted by Gasteiger charge is 2.13. The van der Waals surface area contributed by atoms with Crippen LogP contribution >= 0.6 is 0 Å². The molecule has 0 aliphatic carbocycles. The lowest BCUT2D eigenvalue weighted by molar-refractivity contribution is 0.0290. The number of nitrogens with one attached hydrogen (secondary N) is 2. The molecule has 0 radical (unpaired) electrons. The van der Waals surface area contributed by atoms with Crippen molar-refractivity contribution in [3.05, 3.63) is 23.8 Å². The zero-order valence-corrected chi connectivity index (χ0v) is 11.6. The van der Waals surface area contributed by atoms with Crippen LogP contribution < -0.4 is 20.1 Å². The molecule has 2 rings (SSSR count). The van der Waals surface area contributed by atoms with Crippen LogP contribution in [0, 0.1) is 0 Å². The first kappa shape index (κ1) is 14.1. The van der Waals surface area contributed by atoms with Gasteiger partial charge in [0.1, 0.15) is 11.5 Å². The lowest BCUT2D eigenvalue weighted by Crippen LogP contribution is -2.43. The molecule has 1 unspecified atom stereocenters. The van der Waals surface area contributed by atoms with Crippen molar-refractivity contribution < 1.29 is 14.2 Å². The van der Waals surface area contributed by atoms with Crippen molar-refractivity contribution in [3.8, 4) is 11.5 Å². The molecule has 2 N–H and O–H groups in total. The van der Waals surface area contributed by atoms with Gasteiger partial charge < -0.3 is 24.8 Å². The Morgan fingerprint density at radius 3 is 2.95 bits per heavy atom. The van der Waals surface area contributed by atoms with Crippen LogP contribution in [0.3, 0.4) is 0 Å². The molecule has 1 atom stereocenters. The van der Waals surface area contributed by atoms with Crippen LogP contribution in [0.1, 0.15) is 5.56 Å². The van der Waals surface area contributed by atoms with E-state index in [-0.39, 0.29) is 6.10 Å². The van der Waals surface area contributed by atoms with E-state index < -0.39 is 0 Å². The van der Waals surface area contributed by atoms with E-state index in [1.165, 1.54) is 0 Å². The zero-order chi connectivity index (χ0) is 13.5. The first-order chi connectivity index (χ1) is 9.33. The van der Waals surface area contributed by atoms with Gasteiger partial charge in [0.25, 0.3) is 0 Å². The van der Waals surface area contributed by atoms with Crippen molar-refractivity contribution in [1.82, 2.24) is 10.6 Å². The van der Waals surface area contributed by atoms with E-state index in [1.807, 2.05) is 18.2 Å². The van der Waals surface area contributed by atoms with Crippen molar-refractivity contribution in [2.24, 2.45) is 0 Å². The zero-order valence-electron chi connectivity index (χ0n) is 11.6. The van der Waals surface area contributed by atoms with Gasteiger partial charge in [-0.25, -0.2) is 0 Å². The summed E-state index contributed by atoms with van der Waals surface area (Å²) >= 11 is 0. The molecule has 1 aliphatic rings. The van der Waals surface area contributed by atoms with Crippen LogP contribution in [-0.2, 0) is 11.3 Å². The Balaban J connectivity index is 1.86. The molecule has 0 amide bonds. The van der Waals surface area contributed by atoms with E-state index in [9.17, 15) is 0 Å². The van der Waals surface area contributed by atoms with Crippen molar-refractivity contribution in [2.75, 3.05) is 40.5 Å². The average molecular weight is 266 g/mol. The van der Waals surface area contributed by atoms with Crippen LogP contribution in [0.25, 0.3) is 0 Å². The summed E-state index contributed by atoms with van der Waals surface area (Å²) in [5.41, 5.74) is 1.09. The van der Waals surface area contributed by atoms with Crippen LogP contribution in [0.2, 0.25) is 0 Å². The van der Waals surface area contributed by atoms with E-state index in [2.05, 4.69) is 10.6 Å². The summed E-state index contributed by atoms with van der Waals surface area (Å²) in [7, 11) is 3.35. The number of rotatable bonds is 6. The first-order valence-electron chi connectivity index (χ1n) is 6.57. The topological polar surface area (TPSA) is 51.8 Å². The predicted molar refractivity (Wildman–Crippen MR) is 73.9 cm³/mol. The standard InChI is InChI=1S/C14H22N2O3/c1-17-12-3-4-14(18-2)11(7-12)8-16-10-13-9-15-5-6-19-13/h3-4,7,13,15-16H,5-6,8-10H2,1-2H3. The van der Waals surface area contributed by atoms with Gasteiger partial charge in [-0.1, -0.05) is 0 Å². The monoisotopic (exact) mass is 266 g/mol. The van der Waals surface area contributed by atoms with E-state index in [4.69, 9.17) is 14.2 Å². The summed E-state index contributed by atoms with van der Waals surface area (Å²) < 4.78 is 16.2. The molecule has 1 aliphatic heterocycles. The molecule has 0 saturated carbocycles. The molecule has 0 aromatic heterocycles. The fourth-order valence-corrected chi connectivity index (χ4v) is 2.14. The molecule has 1 heterocycles. The summed E-state index contributed by atoms with van der Waals surface area (Å²) in [6, 6.07) is 5.82. The highest BCUT2D eigenvalue weighted by atomic mass is 16.5. The molecule has 1 fully saturated rings. The van der Waals surface area contributed by atoms with Gasteiger partial charge in [0.15, 0.2) is 0 Å². The first-order valence-corrected chi connectivity index (χ1v) is 6.57. The molecule has 5 heteroatoms. The number of ether oxygens (including phenoxy) is 3. The highest BCUT2D eigenvalue weighted by Crippen LogP contribution is 2.23. The van der Waals surface area contributed by atoms with Gasteiger partial charge in [-0.05, 0) is 18.2 Å². The van der Waals surface area contributed by atoms with Crippen LogP contribution in [-0.4, -0.2) is 46.6 Å². The Bertz CT molecular complexity index is 392. The second kappa shape index (κ2) is 7.33. The minimum atomic E-state index is 0.241. The summed E-state index contributed by atoms with van der Waals surface area (Å²) in [6.45, 7) is 4.20. The minimum Gasteiger partial charge on any atom is -0.497 e. The summed E-state index contributed by atoms with van der Waals surface area (Å²) in [5.74, 6) is 1.71. The molecule has 0 spiro atoms. The Labute approximate surface area is 114 Å². The maximum absolute atomic E-state index is 5.64. The molecular weight excluding hydrogens is 244 g/mol. The van der Waals surface area contributed by atoms with Gasteiger partial charge in [-0.2, -0.15) is 0 Å². The number of morpholine rings is 1. The Kier molecular flexibility index (Phi) is 5.44. The lowest BCUT2D eigenvalue weighted by atomic mass is 10.2. The highest BCUT2D eigenvalue weighted by molar-refractivity contribution is 5.40. The van der Waals surface area contributed by atoms with Crippen molar-refractivity contribution >= 4 is 0 Å². The normalized spacial score (nSPS) is 19.2. The SMILES string of the molecule is COc1ccc(OC)c(CNCC2CNCCO2)c1. The Hall–Kier alpha value is -1.30. The third kappa shape index (κ3) is 4.09. The van der Waals surface area contributed by atoms with Crippen LogP contribution in [0.5, 0.6) is 11.5 Å². The molecule has 0 bridgehead atoms. The fraction of sp³-hybridized carbons (Fsp3) is 0.571. The molecule has 1 aromatic rings. The van der Waals surface area contributed by atoms with Gasteiger partial charge in [0.2, 0.25) is 0 Å². The van der Waals surface area contributed by atoms with Gasteiger partial charge in [0.05, 0.1) is 26.9 Å². The van der Waals surface area contributed by atoms with Crippen LogP contribution in [0.15, 0.2) is 18.2 Å². The van der Waals surface area contributed by atoms with E-state index in [0.717, 1.165) is 49.8 Å². The predicted octanol–water partition coefficient (Wildman–Crippen LogP) is 0.782. The largest absolute Gasteiger partial charge is 0.497 e. The number of methoxy groups -OCH3 is 2. The van der Waals surface area contributed by atoms with Crippen molar-refractivity contribution in [2.45, 2.75) is 12.6 Å². The maximum atomic E-state index is 5.64. The quantitative estimate of drug-likeness (QED) is 0.797. The molecule has 5 nitrogen and oxygen atoms in total. The molecular formula is C14H22N2O3. The third-order valence-corrected chi connectivity index (χ3v) is 3.18. The van der Waals surface area contributed by atoms with E-state index >= 15 is 0 Å². The minimum absolute atomic E-state index is 0.241. The lowest BCUT2D eigenvalue weighted by Gasteiger charge is -2.24. The Morgan fingerprint density at radius 2 is 2.26 bits per heavy atom. The number of hydrogen-bond acceptors (Lipinski definition) is 5. The molecule has 1 aromatic carbocycles. The van der Waals surface area contributed by atoms with Crippen LogP contribution in [0.4, 0.5) is 0 Å².